The maximum Gasteiger partial charge on any atom is 0.323 e. The highest BCUT2D eigenvalue weighted by molar-refractivity contribution is 7.84. The second kappa shape index (κ2) is 7.51. The molecule has 118 valence electrons. The summed E-state index contributed by atoms with van der Waals surface area (Å²) in [7, 11) is 0.758. The number of hydrogen-bond acceptors (Lipinski definition) is 4. The van der Waals surface area contributed by atoms with Crippen LogP contribution in [0.4, 0.5) is 9.93 Å². The summed E-state index contributed by atoms with van der Waals surface area (Å²) in [6, 6.07) is 9.56. The first kappa shape index (κ1) is 16.6. The highest BCUT2D eigenvalue weighted by Crippen LogP contribution is 2.28. The van der Waals surface area contributed by atoms with Crippen LogP contribution in [0.3, 0.4) is 0 Å². The molecule has 1 aromatic heterocycles. The lowest BCUT2D eigenvalue weighted by Gasteiger charge is -2.23. The van der Waals surface area contributed by atoms with Gasteiger partial charge in [0.05, 0.1) is 4.88 Å². The van der Waals surface area contributed by atoms with Crippen molar-refractivity contribution < 1.29 is 9.00 Å². The molecule has 2 amide bonds. The Morgan fingerprint density at radius 1 is 1.41 bits per heavy atom. The molecule has 1 aromatic carbocycles. The maximum absolute atomic E-state index is 12.2. The fourth-order valence-corrected chi connectivity index (χ4v) is 3.61. The molecule has 0 aliphatic carbocycles. The van der Waals surface area contributed by atoms with Crippen molar-refractivity contribution in [1.29, 1.82) is 0 Å². The Balaban J connectivity index is 2.01. The fourth-order valence-electron chi connectivity index (χ4n) is 1.90. The minimum atomic E-state index is -0.935. The number of rotatable bonds is 5. The van der Waals surface area contributed by atoms with Crippen LogP contribution < -0.4 is 5.32 Å². The monoisotopic (exact) mass is 337 g/mol. The molecule has 0 spiro atoms. The Morgan fingerprint density at radius 2 is 2.09 bits per heavy atom. The Labute approximate surface area is 136 Å². The quantitative estimate of drug-likeness (QED) is 0.912. The molecule has 7 heteroatoms. The summed E-state index contributed by atoms with van der Waals surface area (Å²) >= 11 is 1.43. The SMILES string of the molecule is C[C@H](C[S@@](C)=O)N(C)C(=O)Nc1ncc(-c2ccccc2)s1. The number of nitrogens with one attached hydrogen (secondary N) is 1. The number of urea groups is 1. The summed E-state index contributed by atoms with van der Waals surface area (Å²) in [4.78, 5) is 18.9. The van der Waals surface area contributed by atoms with E-state index in [4.69, 9.17) is 0 Å². The maximum atomic E-state index is 12.2. The molecule has 0 saturated heterocycles. The normalized spacial score (nSPS) is 13.4. The lowest BCUT2D eigenvalue weighted by molar-refractivity contribution is 0.212. The zero-order valence-electron chi connectivity index (χ0n) is 12.8. The number of anilines is 1. The molecule has 0 aliphatic heterocycles. The zero-order chi connectivity index (χ0) is 16.1. The molecule has 0 aliphatic rings. The van der Waals surface area contributed by atoms with Crippen LogP contribution in [0.1, 0.15) is 6.92 Å². The molecule has 0 unspecified atom stereocenters. The molecule has 0 bridgehead atoms. The predicted molar refractivity (Wildman–Crippen MR) is 92.7 cm³/mol. The van der Waals surface area contributed by atoms with Crippen molar-refractivity contribution in [2.45, 2.75) is 13.0 Å². The third-order valence-electron chi connectivity index (χ3n) is 3.24. The van der Waals surface area contributed by atoms with E-state index in [9.17, 15) is 9.00 Å². The van der Waals surface area contributed by atoms with E-state index in [0.29, 0.717) is 10.9 Å². The first-order chi connectivity index (χ1) is 10.5. The smallest absolute Gasteiger partial charge is 0.323 e. The Hall–Kier alpha value is -1.73. The van der Waals surface area contributed by atoms with Crippen molar-refractivity contribution in [1.82, 2.24) is 9.88 Å². The minimum absolute atomic E-state index is 0.0978. The number of thiazole rings is 1. The van der Waals surface area contributed by atoms with Gasteiger partial charge in [-0.1, -0.05) is 41.7 Å². The van der Waals surface area contributed by atoms with Crippen LogP contribution in [0.2, 0.25) is 0 Å². The topological polar surface area (TPSA) is 62.3 Å². The van der Waals surface area contributed by atoms with E-state index >= 15 is 0 Å². The first-order valence-electron chi connectivity index (χ1n) is 6.82. The van der Waals surface area contributed by atoms with Crippen LogP contribution in [-0.2, 0) is 10.8 Å². The molecule has 0 saturated carbocycles. The molecule has 0 radical (unpaired) electrons. The number of hydrogen-bond donors (Lipinski definition) is 1. The second-order valence-corrected chi connectivity index (χ2v) is 7.54. The lowest BCUT2D eigenvalue weighted by atomic mass is 10.2. The van der Waals surface area contributed by atoms with Gasteiger partial charge in [-0.2, -0.15) is 0 Å². The molecule has 1 N–H and O–H groups in total. The van der Waals surface area contributed by atoms with Gasteiger partial charge in [0.1, 0.15) is 0 Å². The van der Waals surface area contributed by atoms with Gasteiger partial charge in [0, 0.05) is 42.1 Å². The lowest BCUT2D eigenvalue weighted by Crippen LogP contribution is -2.40. The average Bonchev–Trinajstić information content (AvgIpc) is 2.95. The second-order valence-electron chi connectivity index (χ2n) is 5.03. The van der Waals surface area contributed by atoms with Crippen molar-refractivity contribution in [3.8, 4) is 10.4 Å². The van der Waals surface area contributed by atoms with E-state index in [1.807, 2.05) is 37.3 Å². The molecule has 2 atom stereocenters. The summed E-state index contributed by atoms with van der Waals surface area (Å²) in [5, 5.41) is 3.34. The van der Waals surface area contributed by atoms with E-state index in [-0.39, 0.29) is 12.1 Å². The number of amides is 2. The van der Waals surface area contributed by atoms with E-state index in [1.165, 1.54) is 11.3 Å². The summed E-state index contributed by atoms with van der Waals surface area (Å²) in [6.07, 6.45) is 3.38. The fraction of sp³-hybridized carbons (Fsp3) is 0.333. The zero-order valence-corrected chi connectivity index (χ0v) is 14.4. The third kappa shape index (κ3) is 4.38. The van der Waals surface area contributed by atoms with Gasteiger partial charge in [-0.25, -0.2) is 9.78 Å². The molecule has 2 rings (SSSR count). The van der Waals surface area contributed by atoms with E-state index in [1.54, 1.807) is 24.4 Å². The third-order valence-corrected chi connectivity index (χ3v) is 5.15. The van der Waals surface area contributed by atoms with Crippen LogP contribution in [0, 0.1) is 0 Å². The van der Waals surface area contributed by atoms with Crippen molar-refractivity contribution in [2.24, 2.45) is 0 Å². The minimum Gasteiger partial charge on any atom is -0.324 e. The van der Waals surface area contributed by atoms with Crippen LogP contribution in [0.15, 0.2) is 36.5 Å². The van der Waals surface area contributed by atoms with E-state index in [2.05, 4.69) is 10.3 Å². The predicted octanol–water partition coefficient (Wildman–Crippen LogP) is 3.04. The van der Waals surface area contributed by atoms with Gasteiger partial charge in [-0.3, -0.25) is 9.53 Å². The van der Waals surface area contributed by atoms with Crippen LogP contribution in [0.5, 0.6) is 0 Å². The highest BCUT2D eigenvalue weighted by atomic mass is 32.2. The molecule has 2 aromatic rings. The van der Waals surface area contributed by atoms with Gasteiger partial charge < -0.3 is 4.90 Å². The van der Waals surface area contributed by atoms with Gasteiger partial charge in [-0.15, -0.1) is 0 Å². The number of carbonyl (C=O) groups excluding carboxylic acids is 1. The van der Waals surface area contributed by atoms with Crippen molar-refractivity contribution in [3.63, 3.8) is 0 Å². The summed E-state index contributed by atoms with van der Waals surface area (Å²) in [5.74, 6) is 0.455. The van der Waals surface area contributed by atoms with Gasteiger partial charge >= 0.3 is 6.03 Å². The number of nitrogens with zero attached hydrogens (tertiary/aromatic N) is 2. The number of aromatic nitrogens is 1. The molecule has 1 heterocycles. The summed E-state index contributed by atoms with van der Waals surface area (Å²) in [5.41, 5.74) is 1.07. The first-order valence-corrected chi connectivity index (χ1v) is 9.37. The molecule has 0 fully saturated rings. The highest BCUT2D eigenvalue weighted by Gasteiger charge is 2.18. The average molecular weight is 337 g/mol. The van der Waals surface area contributed by atoms with Crippen molar-refractivity contribution in [3.05, 3.63) is 36.5 Å². The molecule has 22 heavy (non-hydrogen) atoms. The Kier molecular flexibility index (Phi) is 5.68. The number of benzene rings is 1. The van der Waals surface area contributed by atoms with E-state index in [0.717, 1.165) is 10.4 Å². The van der Waals surface area contributed by atoms with Crippen molar-refractivity contribution >= 4 is 33.3 Å². The number of carbonyl (C=O) groups is 1. The summed E-state index contributed by atoms with van der Waals surface area (Å²) in [6.45, 7) is 1.87. The van der Waals surface area contributed by atoms with Gasteiger partial charge in [-0.05, 0) is 12.5 Å². The van der Waals surface area contributed by atoms with E-state index < -0.39 is 10.8 Å². The van der Waals surface area contributed by atoms with Gasteiger partial charge in [0.25, 0.3) is 0 Å². The standard InChI is InChI=1S/C15H19N3O2S2/c1-11(10-22(3)20)18(2)15(19)17-14-16-9-13(21-14)12-7-5-4-6-8-12/h4-9,11H,10H2,1-3H3,(H,16,17,19)/t11-,22-/m1/s1. The Morgan fingerprint density at radius 3 is 2.73 bits per heavy atom. The molecule has 5 nitrogen and oxygen atoms in total. The van der Waals surface area contributed by atoms with Crippen molar-refractivity contribution in [2.75, 3.05) is 24.4 Å². The van der Waals surface area contributed by atoms with Crippen LogP contribution >= 0.6 is 11.3 Å². The van der Waals surface area contributed by atoms with Gasteiger partial charge in [0.2, 0.25) is 0 Å². The largest absolute Gasteiger partial charge is 0.324 e. The Bertz CT molecular complexity index is 658. The van der Waals surface area contributed by atoms with Crippen LogP contribution in [-0.4, -0.2) is 45.2 Å². The van der Waals surface area contributed by atoms with Crippen LogP contribution in [0.25, 0.3) is 10.4 Å². The molecular weight excluding hydrogens is 318 g/mol. The van der Waals surface area contributed by atoms with Gasteiger partial charge in [0.15, 0.2) is 5.13 Å². The molecular formula is C15H19N3O2S2. The summed E-state index contributed by atoms with van der Waals surface area (Å²) < 4.78 is 11.2.